The average Bonchev–Trinajstić information content (AvgIpc) is 2.22. The van der Waals surface area contributed by atoms with Gasteiger partial charge in [-0.3, -0.25) is 0 Å². The van der Waals surface area contributed by atoms with Crippen LogP contribution in [0.5, 0.6) is 0 Å². The standard InChI is InChI=1S/C14H23N/c1-5-6-14-8-7-13(9-11(14)2)10-12(3)15-4/h7-9,12,15H,5-6,10H2,1-4H3. The summed E-state index contributed by atoms with van der Waals surface area (Å²) in [6.45, 7) is 6.67. The van der Waals surface area contributed by atoms with Crippen LogP contribution in [0.4, 0.5) is 0 Å². The summed E-state index contributed by atoms with van der Waals surface area (Å²) in [4.78, 5) is 0. The van der Waals surface area contributed by atoms with Crippen molar-refractivity contribution in [3.63, 3.8) is 0 Å². The van der Waals surface area contributed by atoms with Crippen LogP contribution in [0, 0.1) is 6.92 Å². The van der Waals surface area contributed by atoms with Gasteiger partial charge in [-0.2, -0.15) is 0 Å². The Hall–Kier alpha value is -0.820. The fraction of sp³-hybridized carbons (Fsp3) is 0.571. The average molecular weight is 205 g/mol. The number of benzene rings is 1. The molecule has 1 rings (SSSR count). The molecule has 0 amide bonds. The predicted octanol–water partition coefficient (Wildman–Crippen LogP) is 3.10. The quantitative estimate of drug-likeness (QED) is 0.779. The number of rotatable bonds is 5. The fourth-order valence-electron chi connectivity index (χ4n) is 1.89. The van der Waals surface area contributed by atoms with Crippen LogP contribution in [0.3, 0.4) is 0 Å². The third kappa shape index (κ3) is 3.67. The second kappa shape index (κ2) is 5.92. The van der Waals surface area contributed by atoms with Crippen LogP contribution in [0.1, 0.15) is 37.0 Å². The lowest BCUT2D eigenvalue weighted by atomic mass is 9.98. The van der Waals surface area contributed by atoms with E-state index in [1.807, 2.05) is 7.05 Å². The Morgan fingerprint density at radius 1 is 1.33 bits per heavy atom. The van der Waals surface area contributed by atoms with Crippen LogP contribution in [0.15, 0.2) is 18.2 Å². The maximum absolute atomic E-state index is 3.27. The van der Waals surface area contributed by atoms with E-state index in [4.69, 9.17) is 0 Å². The lowest BCUT2D eigenvalue weighted by molar-refractivity contribution is 0.608. The van der Waals surface area contributed by atoms with Crippen molar-refractivity contribution in [2.24, 2.45) is 0 Å². The zero-order valence-corrected chi connectivity index (χ0v) is 10.4. The minimum Gasteiger partial charge on any atom is -0.317 e. The molecule has 1 unspecified atom stereocenters. The van der Waals surface area contributed by atoms with E-state index in [0.717, 1.165) is 6.42 Å². The summed E-state index contributed by atoms with van der Waals surface area (Å²) in [5.41, 5.74) is 4.38. The van der Waals surface area contributed by atoms with Gasteiger partial charge in [-0.05, 0) is 50.4 Å². The lowest BCUT2D eigenvalue weighted by Gasteiger charge is -2.12. The minimum atomic E-state index is 0.557. The summed E-state index contributed by atoms with van der Waals surface area (Å²) in [6, 6.07) is 7.45. The number of hydrogen-bond acceptors (Lipinski definition) is 1. The van der Waals surface area contributed by atoms with Crippen LogP contribution >= 0.6 is 0 Å². The van der Waals surface area contributed by atoms with Gasteiger partial charge in [-0.25, -0.2) is 0 Å². The molecule has 0 aliphatic rings. The van der Waals surface area contributed by atoms with Gasteiger partial charge in [0.15, 0.2) is 0 Å². The molecular weight excluding hydrogens is 182 g/mol. The van der Waals surface area contributed by atoms with E-state index in [0.29, 0.717) is 6.04 Å². The molecule has 0 spiro atoms. The lowest BCUT2D eigenvalue weighted by Crippen LogP contribution is -2.23. The molecule has 0 bridgehead atoms. The highest BCUT2D eigenvalue weighted by Crippen LogP contribution is 2.14. The normalized spacial score (nSPS) is 12.8. The maximum atomic E-state index is 3.27. The number of hydrogen-bond donors (Lipinski definition) is 1. The first-order chi connectivity index (χ1) is 7.17. The molecule has 0 radical (unpaired) electrons. The van der Waals surface area contributed by atoms with Gasteiger partial charge in [-0.1, -0.05) is 31.5 Å². The van der Waals surface area contributed by atoms with Crippen LogP contribution in [0.25, 0.3) is 0 Å². The zero-order chi connectivity index (χ0) is 11.3. The summed E-state index contributed by atoms with van der Waals surface area (Å²) in [6.07, 6.45) is 3.55. The third-order valence-corrected chi connectivity index (χ3v) is 2.96. The van der Waals surface area contributed by atoms with Crippen LogP contribution in [0.2, 0.25) is 0 Å². The molecule has 0 saturated heterocycles. The topological polar surface area (TPSA) is 12.0 Å². The van der Waals surface area contributed by atoms with E-state index in [-0.39, 0.29) is 0 Å². The van der Waals surface area contributed by atoms with E-state index in [1.165, 1.54) is 29.5 Å². The van der Waals surface area contributed by atoms with Gasteiger partial charge in [0.1, 0.15) is 0 Å². The molecule has 1 aromatic rings. The van der Waals surface area contributed by atoms with Gasteiger partial charge >= 0.3 is 0 Å². The van der Waals surface area contributed by atoms with E-state index in [2.05, 4.69) is 44.3 Å². The van der Waals surface area contributed by atoms with E-state index < -0.39 is 0 Å². The molecule has 1 heteroatoms. The molecule has 1 nitrogen and oxygen atoms in total. The van der Waals surface area contributed by atoms with Crippen molar-refractivity contribution < 1.29 is 0 Å². The van der Waals surface area contributed by atoms with Crippen molar-refractivity contribution in [2.45, 2.75) is 46.1 Å². The Labute approximate surface area is 93.9 Å². The Morgan fingerprint density at radius 3 is 2.60 bits per heavy atom. The van der Waals surface area contributed by atoms with Crippen molar-refractivity contribution in [2.75, 3.05) is 7.05 Å². The van der Waals surface area contributed by atoms with Gasteiger partial charge in [0.05, 0.1) is 0 Å². The van der Waals surface area contributed by atoms with Crippen LogP contribution < -0.4 is 5.32 Å². The van der Waals surface area contributed by atoms with Crippen molar-refractivity contribution in [1.29, 1.82) is 0 Å². The molecule has 84 valence electrons. The van der Waals surface area contributed by atoms with Gasteiger partial charge in [0.25, 0.3) is 0 Å². The van der Waals surface area contributed by atoms with Crippen molar-refractivity contribution in [3.05, 3.63) is 34.9 Å². The maximum Gasteiger partial charge on any atom is 0.00761 e. The second-order valence-corrected chi connectivity index (χ2v) is 4.40. The minimum absolute atomic E-state index is 0.557. The van der Waals surface area contributed by atoms with Gasteiger partial charge in [-0.15, -0.1) is 0 Å². The Morgan fingerprint density at radius 2 is 2.07 bits per heavy atom. The second-order valence-electron chi connectivity index (χ2n) is 4.40. The predicted molar refractivity (Wildman–Crippen MR) is 67.4 cm³/mol. The summed E-state index contributed by atoms with van der Waals surface area (Å²) in [7, 11) is 2.02. The largest absolute Gasteiger partial charge is 0.317 e. The van der Waals surface area contributed by atoms with Crippen LogP contribution in [-0.4, -0.2) is 13.1 Å². The van der Waals surface area contributed by atoms with Gasteiger partial charge in [0, 0.05) is 6.04 Å². The summed E-state index contributed by atoms with van der Waals surface area (Å²) in [5.74, 6) is 0. The van der Waals surface area contributed by atoms with Gasteiger partial charge < -0.3 is 5.32 Å². The molecule has 0 saturated carbocycles. The summed E-state index contributed by atoms with van der Waals surface area (Å²) >= 11 is 0. The smallest absolute Gasteiger partial charge is 0.00761 e. The van der Waals surface area contributed by atoms with Crippen molar-refractivity contribution in [3.8, 4) is 0 Å². The first-order valence-corrected chi connectivity index (χ1v) is 5.93. The molecule has 1 aromatic carbocycles. The summed E-state index contributed by atoms with van der Waals surface area (Å²) < 4.78 is 0. The van der Waals surface area contributed by atoms with E-state index >= 15 is 0 Å². The highest BCUT2D eigenvalue weighted by Gasteiger charge is 2.03. The molecule has 1 atom stereocenters. The first-order valence-electron chi connectivity index (χ1n) is 5.93. The highest BCUT2D eigenvalue weighted by molar-refractivity contribution is 5.31. The third-order valence-electron chi connectivity index (χ3n) is 2.96. The number of likely N-dealkylation sites (N-methyl/N-ethyl adjacent to an activating group) is 1. The molecule has 0 heterocycles. The van der Waals surface area contributed by atoms with E-state index in [9.17, 15) is 0 Å². The summed E-state index contributed by atoms with van der Waals surface area (Å²) in [5, 5.41) is 3.27. The fourth-order valence-corrected chi connectivity index (χ4v) is 1.89. The SMILES string of the molecule is CCCc1ccc(CC(C)NC)cc1C. The number of aryl methyl sites for hydroxylation is 2. The molecule has 0 aromatic heterocycles. The Bertz CT molecular complexity index is 304. The molecule has 15 heavy (non-hydrogen) atoms. The molecule has 0 aliphatic carbocycles. The Balaban J connectivity index is 2.73. The molecule has 1 N–H and O–H groups in total. The monoisotopic (exact) mass is 205 g/mol. The van der Waals surface area contributed by atoms with Crippen molar-refractivity contribution >= 4 is 0 Å². The Kier molecular flexibility index (Phi) is 4.83. The zero-order valence-electron chi connectivity index (χ0n) is 10.4. The number of nitrogens with one attached hydrogen (secondary N) is 1. The molecular formula is C14H23N. The van der Waals surface area contributed by atoms with Crippen LogP contribution in [-0.2, 0) is 12.8 Å². The molecule has 0 fully saturated rings. The van der Waals surface area contributed by atoms with E-state index in [1.54, 1.807) is 0 Å². The first kappa shape index (κ1) is 12.3. The molecule has 0 aliphatic heterocycles. The van der Waals surface area contributed by atoms with Crippen molar-refractivity contribution in [1.82, 2.24) is 5.32 Å². The van der Waals surface area contributed by atoms with Gasteiger partial charge in [0.2, 0.25) is 0 Å². The highest BCUT2D eigenvalue weighted by atomic mass is 14.8.